The molecule has 4 heteroatoms. The van der Waals surface area contributed by atoms with Crippen LogP contribution >= 0.6 is 15.9 Å². The molecule has 0 saturated carbocycles. The highest BCUT2D eigenvalue weighted by molar-refractivity contribution is 9.10. The van der Waals surface area contributed by atoms with Gasteiger partial charge in [0, 0.05) is 28.9 Å². The fraction of sp³-hybridized carbons (Fsp3) is 0.545. The van der Waals surface area contributed by atoms with Crippen LogP contribution in [0.5, 0.6) is 0 Å². The lowest BCUT2D eigenvalue weighted by molar-refractivity contribution is -0.0353. The molecule has 1 aromatic rings. The van der Waals surface area contributed by atoms with Crippen LogP contribution in [0.1, 0.15) is 12.1 Å². The van der Waals surface area contributed by atoms with E-state index < -0.39 is 0 Å². The second-order valence-corrected chi connectivity index (χ2v) is 4.78. The van der Waals surface area contributed by atoms with Crippen LogP contribution < -0.4 is 0 Å². The second kappa shape index (κ2) is 5.05. The van der Waals surface area contributed by atoms with E-state index in [0.29, 0.717) is 13.2 Å². The van der Waals surface area contributed by atoms with E-state index in [0.717, 1.165) is 23.0 Å². The molecule has 1 aromatic heterocycles. The summed E-state index contributed by atoms with van der Waals surface area (Å²) in [7, 11) is 0. The number of halogens is 1. The van der Waals surface area contributed by atoms with Crippen LogP contribution in [-0.2, 0) is 11.2 Å². The summed E-state index contributed by atoms with van der Waals surface area (Å²) >= 11 is 3.35. The highest BCUT2D eigenvalue weighted by Gasteiger charge is 2.24. The van der Waals surface area contributed by atoms with Gasteiger partial charge in [-0.15, -0.1) is 0 Å². The number of aliphatic hydroxyl groups is 1. The van der Waals surface area contributed by atoms with Crippen LogP contribution in [0.4, 0.5) is 0 Å². The molecular formula is C11H14BrNO2. The van der Waals surface area contributed by atoms with Crippen molar-refractivity contribution in [1.82, 2.24) is 4.98 Å². The molecule has 0 radical (unpaired) electrons. The number of aromatic nitrogens is 1. The zero-order valence-electron chi connectivity index (χ0n) is 8.40. The number of aliphatic hydroxyl groups excluding tert-OH is 1. The fourth-order valence-electron chi connectivity index (χ4n) is 1.78. The summed E-state index contributed by atoms with van der Waals surface area (Å²) in [5.41, 5.74) is 1.01. The minimum atomic E-state index is -0.246. The lowest BCUT2D eigenvalue weighted by atomic mass is 9.94. The van der Waals surface area contributed by atoms with E-state index in [9.17, 15) is 5.11 Å². The first-order chi connectivity index (χ1) is 7.25. The van der Waals surface area contributed by atoms with Crippen molar-refractivity contribution in [2.24, 2.45) is 5.92 Å². The van der Waals surface area contributed by atoms with E-state index in [1.54, 1.807) is 6.20 Å². The van der Waals surface area contributed by atoms with Crippen molar-refractivity contribution in [2.45, 2.75) is 18.9 Å². The number of pyridine rings is 1. The maximum atomic E-state index is 9.77. The van der Waals surface area contributed by atoms with E-state index >= 15 is 0 Å². The molecule has 15 heavy (non-hydrogen) atoms. The average Bonchev–Trinajstić information content (AvgIpc) is 2.25. The Morgan fingerprint density at radius 3 is 3.07 bits per heavy atom. The minimum absolute atomic E-state index is 0.187. The zero-order valence-corrected chi connectivity index (χ0v) is 9.98. The predicted molar refractivity (Wildman–Crippen MR) is 60.6 cm³/mol. The highest BCUT2D eigenvalue weighted by Crippen LogP contribution is 2.19. The number of ether oxygens (including phenoxy) is 1. The first-order valence-corrected chi connectivity index (χ1v) is 5.91. The van der Waals surface area contributed by atoms with Gasteiger partial charge in [0.2, 0.25) is 0 Å². The van der Waals surface area contributed by atoms with E-state index in [1.165, 1.54) is 0 Å². The maximum absolute atomic E-state index is 9.77. The van der Waals surface area contributed by atoms with Gasteiger partial charge in [-0.3, -0.25) is 4.98 Å². The van der Waals surface area contributed by atoms with Crippen LogP contribution in [0.3, 0.4) is 0 Å². The first-order valence-electron chi connectivity index (χ1n) is 5.12. The number of rotatable bonds is 2. The summed E-state index contributed by atoms with van der Waals surface area (Å²) in [6.07, 6.45) is 3.06. The van der Waals surface area contributed by atoms with Gasteiger partial charge >= 0.3 is 0 Å². The van der Waals surface area contributed by atoms with E-state index in [1.807, 2.05) is 12.1 Å². The Morgan fingerprint density at radius 2 is 2.40 bits per heavy atom. The van der Waals surface area contributed by atoms with E-state index in [4.69, 9.17) is 4.74 Å². The molecule has 1 aliphatic rings. The molecule has 1 N–H and O–H groups in total. The molecule has 2 atom stereocenters. The van der Waals surface area contributed by atoms with Crippen molar-refractivity contribution in [2.75, 3.05) is 13.2 Å². The Labute approximate surface area is 97.6 Å². The third-order valence-electron chi connectivity index (χ3n) is 2.69. The Hall–Kier alpha value is -0.450. The third-order valence-corrected chi connectivity index (χ3v) is 3.16. The summed E-state index contributed by atoms with van der Waals surface area (Å²) in [6, 6.07) is 3.95. The van der Waals surface area contributed by atoms with Gasteiger partial charge in [0.05, 0.1) is 12.7 Å². The molecule has 2 heterocycles. The molecular weight excluding hydrogens is 258 g/mol. The molecule has 0 aromatic carbocycles. The van der Waals surface area contributed by atoms with E-state index in [-0.39, 0.29) is 12.0 Å². The van der Waals surface area contributed by atoms with Gasteiger partial charge in [0.25, 0.3) is 0 Å². The van der Waals surface area contributed by atoms with Crippen molar-refractivity contribution < 1.29 is 9.84 Å². The normalized spacial score (nSPS) is 26.5. The summed E-state index contributed by atoms with van der Waals surface area (Å²) < 4.78 is 6.33. The monoisotopic (exact) mass is 271 g/mol. The molecule has 2 rings (SSSR count). The fourth-order valence-corrected chi connectivity index (χ4v) is 2.01. The maximum Gasteiger partial charge on any atom is 0.0616 e. The number of hydrogen-bond donors (Lipinski definition) is 1. The lowest BCUT2D eigenvalue weighted by Crippen LogP contribution is -2.33. The topological polar surface area (TPSA) is 42.4 Å². The summed E-state index contributed by atoms with van der Waals surface area (Å²) in [4.78, 5) is 4.29. The molecule has 1 saturated heterocycles. The first kappa shape index (κ1) is 11.0. The Kier molecular flexibility index (Phi) is 3.72. The summed E-state index contributed by atoms with van der Waals surface area (Å²) in [5, 5.41) is 9.77. The smallest absolute Gasteiger partial charge is 0.0616 e. The van der Waals surface area contributed by atoms with Crippen LogP contribution in [0.25, 0.3) is 0 Å². The van der Waals surface area contributed by atoms with Crippen molar-refractivity contribution in [3.63, 3.8) is 0 Å². The molecule has 0 amide bonds. The van der Waals surface area contributed by atoms with Gasteiger partial charge < -0.3 is 9.84 Å². The molecule has 0 spiro atoms. The van der Waals surface area contributed by atoms with Crippen LogP contribution in [0.15, 0.2) is 22.8 Å². The highest BCUT2D eigenvalue weighted by atomic mass is 79.9. The van der Waals surface area contributed by atoms with Gasteiger partial charge in [-0.2, -0.15) is 0 Å². The van der Waals surface area contributed by atoms with Gasteiger partial charge in [0.1, 0.15) is 0 Å². The minimum Gasteiger partial charge on any atom is -0.393 e. The Balaban J connectivity index is 1.98. The molecule has 3 nitrogen and oxygen atoms in total. The number of nitrogens with zero attached hydrogens (tertiary/aromatic N) is 1. The van der Waals surface area contributed by atoms with Gasteiger partial charge in [-0.1, -0.05) is 0 Å². The third kappa shape index (κ3) is 3.00. The Morgan fingerprint density at radius 1 is 1.53 bits per heavy atom. The van der Waals surface area contributed by atoms with Crippen molar-refractivity contribution in [1.29, 1.82) is 0 Å². The van der Waals surface area contributed by atoms with Crippen LogP contribution in [0.2, 0.25) is 0 Å². The SMILES string of the molecule is OC1CCOCC1Cc1ccc(Br)cn1. The largest absolute Gasteiger partial charge is 0.393 e. The van der Waals surface area contributed by atoms with Gasteiger partial charge in [-0.05, 0) is 40.9 Å². The average molecular weight is 272 g/mol. The number of hydrogen-bond acceptors (Lipinski definition) is 3. The lowest BCUT2D eigenvalue weighted by Gasteiger charge is -2.27. The molecule has 0 aliphatic carbocycles. The Bertz CT molecular complexity index is 315. The molecule has 0 bridgehead atoms. The van der Waals surface area contributed by atoms with Crippen molar-refractivity contribution in [3.05, 3.63) is 28.5 Å². The quantitative estimate of drug-likeness (QED) is 0.892. The van der Waals surface area contributed by atoms with Gasteiger partial charge in [0.15, 0.2) is 0 Å². The van der Waals surface area contributed by atoms with Gasteiger partial charge in [-0.25, -0.2) is 0 Å². The standard InChI is InChI=1S/C11H14BrNO2/c12-9-1-2-10(13-6-9)5-8-7-15-4-3-11(8)14/h1-2,6,8,11,14H,3-5,7H2. The zero-order chi connectivity index (χ0) is 10.7. The van der Waals surface area contributed by atoms with Crippen molar-refractivity contribution in [3.8, 4) is 0 Å². The van der Waals surface area contributed by atoms with Crippen LogP contribution in [0, 0.1) is 5.92 Å². The second-order valence-electron chi connectivity index (χ2n) is 3.86. The molecule has 2 unspecified atom stereocenters. The van der Waals surface area contributed by atoms with Crippen LogP contribution in [-0.4, -0.2) is 29.4 Å². The molecule has 82 valence electrons. The van der Waals surface area contributed by atoms with E-state index in [2.05, 4.69) is 20.9 Å². The molecule has 1 aliphatic heterocycles. The van der Waals surface area contributed by atoms with Crippen molar-refractivity contribution >= 4 is 15.9 Å². The molecule has 1 fully saturated rings. The summed E-state index contributed by atoms with van der Waals surface area (Å²) in [5.74, 6) is 0.187. The predicted octanol–water partition coefficient (Wildman–Crippen LogP) is 1.78. The summed E-state index contributed by atoms with van der Waals surface area (Å²) in [6.45, 7) is 1.31.